The molecule has 6 heteroatoms. The van der Waals surface area contributed by atoms with Crippen LogP contribution in [0.5, 0.6) is 17.2 Å². The molecule has 2 amide bonds. The van der Waals surface area contributed by atoms with E-state index in [1.54, 1.807) is 33.5 Å². The van der Waals surface area contributed by atoms with Crippen LogP contribution in [0.1, 0.15) is 31.2 Å². The molecular weight excluding hydrogens is 356 g/mol. The normalized spacial score (nSPS) is 15.0. The maximum absolute atomic E-state index is 12.6. The molecular formula is C22H28N2O4. The number of rotatable bonds is 7. The van der Waals surface area contributed by atoms with Crippen molar-refractivity contribution in [2.45, 2.75) is 31.1 Å². The summed E-state index contributed by atoms with van der Waals surface area (Å²) in [5.74, 6) is 1.92. The molecule has 2 N–H and O–H groups in total. The van der Waals surface area contributed by atoms with Crippen molar-refractivity contribution in [3.05, 3.63) is 48.0 Å². The summed E-state index contributed by atoms with van der Waals surface area (Å²) in [5.41, 5.74) is 1.77. The molecule has 0 bridgehead atoms. The predicted molar refractivity (Wildman–Crippen MR) is 110 cm³/mol. The van der Waals surface area contributed by atoms with Crippen molar-refractivity contribution in [1.82, 2.24) is 5.32 Å². The van der Waals surface area contributed by atoms with Gasteiger partial charge in [-0.2, -0.15) is 0 Å². The Hall–Kier alpha value is -2.89. The number of hydrogen-bond acceptors (Lipinski definition) is 4. The molecule has 0 atom stereocenters. The fraction of sp³-hybridized carbons (Fsp3) is 0.409. The van der Waals surface area contributed by atoms with Crippen LogP contribution in [0, 0.1) is 0 Å². The molecule has 1 aliphatic rings. The number of nitrogens with one attached hydrogen (secondary N) is 2. The van der Waals surface area contributed by atoms with E-state index in [4.69, 9.17) is 14.2 Å². The number of anilines is 1. The topological polar surface area (TPSA) is 68.8 Å². The maximum Gasteiger partial charge on any atom is 0.319 e. The zero-order valence-electron chi connectivity index (χ0n) is 16.7. The Balaban J connectivity index is 1.70. The van der Waals surface area contributed by atoms with Crippen molar-refractivity contribution >= 4 is 11.7 Å². The van der Waals surface area contributed by atoms with E-state index < -0.39 is 0 Å². The summed E-state index contributed by atoms with van der Waals surface area (Å²) in [7, 11) is 4.79. The van der Waals surface area contributed by atoms with Crippen LogP contribution in [0.2, 0.25) is 0 Å². The summed E-state index contributed by atoms with van der Waals surface area (Å²) >= 11 is 0. The van der Waals surface area contributed by atoms with Crippen LogP contribution in [-0.2, 0) is 5.41 Å². The third-order valence-corrected chi connectivity index (χ3v) is 5.50. The number of methoxy groups -OCH3 is 3. The molecule has 150 valence electrons. The van der Waals surface area contributed by atoms with Gasteiger partial charge in [0.25, 0.3) is 0 Å². The van der Waals surface area contributed by atoms with Gasteiger partial charge in [0.15, 0.2) is 11.5 Å². The fourth-order valence-electron chi connectivity index (χ4n) is 3.97. The van der Waals surface area contributed by atoms with E-state index >= 15 is 0 Å². The van der Waals surface area contributed by atoms with Gasteiger partial charge in [-0.25, -0.2) is 4.79 Å². The Labute approximate surface area is 166 Å². The van der Waals surface area contributed by atoms with Gasteiger partial charge in [-0.3, -0.25) is 0 Å². The molecule has 1 fully saturated rings. The first-order valence-corrected chi connectivity index (χ1v) is 9.52. The minimum atomic E-state index is -0.258. The van der Waals surface area contributed by atoms with Crippen molar-refractivity contribution < 1.29 is 19.0 Å². The average molecular weight is 384 g/mol. The molecule has 0 unspecified atom stereocenters. The molecule has 2 aromatic rings. The van der Waals surface area contributed by atoms with Gasteiger partial charge in [0.2, 0.25) is 0 Å². The van der Waals surface area contributed by atoms with Gasteiger partial charge in [-0.05, 0) is 42.7 Å². The Morgan fingerprint density at radius 2 is 1.68 bits per heavy atom. The van der Waals surface area contributed by atoms with Crippen LogP contribution >= 0.6 is 0 Å². The molecule has 0 spiro atoms. The van der Waals surface area contributed by atoms with Crippen LogP contribution in [0.25, 0.3) is 0 Å². The molecule has 0 saturated heterocycles. The number of carbonyl (C=O) groups excluding carboxylic acids is 1. The van der Waals surface area contributed by atoms with Gasteiger partial charge in [-0.15, -0.1) is 0 Å². The third-order valence-electron chi connectivity index (χ3n) is 5.50. The SMILES string of the molecule is COc1ccc(C2(CNC(=O)Nc3cccc(OC)c3OC)CCCC2)cc1. The molecule has 0 radical (unpaired) electrons. The van der Waals surface area contributed by atoms with Crippen LogP contribution < -0.4 is 24.8 Å². The van der Waals surface area contributed by atoms with E-state index in [1.165, 1.54) is 18.4 Å². The molecule has 1 aliphatic carbocycles. The molecule has 3 rings (SSSR count). The Morgan fingerprint density at radius 3 is 2.29 bits per heavy atom. The summed E-state index contributed by atoms with van der Waals surface area (Å²) in [6.45, 7) is 0.581. The zero-order chi connectivity index (χ0) is 20.0. The Morgan fingerprint density at radius 1 is 0.964 bits per heavy atom. The average Bonchev–Trinajstić information content (AvgIpc) is 3.22. The van der Waals surface area contributed by atoms with Crippen molar-refractivity contribution in [3.63, 3.8) is 0 Å². The van der Waals surface area contributed by atoms with Gasteiger partial charge < -0.3 is 24.8 Å². The standard InChI is InChI=1S/C22H28N2O4/c1-26-17-11-9-16(10-12-17)22(13-4-5-14-22)15-23-21(25)24-18-7-6-8-19(27-2)20(18)28-3/h6-12H,4-5,13-15H2,1-3H3,(H2,23,24,25). The van der Waals surface area contributed by atoms with Crippen LogP contribution in [-0.4, -0.2) is 33.9 Å². The highest BCUT2D eigenvalue weighted by atomic mass is 16.5. The van der Waals surface area contributed by atoms with E-state index in [0.717, 1.165) is 18.6 Å². The minimum absolute atomic E-state index is 0.0396. The number of ether oxygens (including phenoxy) is 3. The molecule has 1 saturated carbocycles. The Bertz CT molecular complexity index is 799. The van der Waals surface area contributed by atoms with E-state index in [1.807, 2.05) is 18.2 Å². The molecule has 0 aliphatic heterocycles. The van der Waals surface area contributed by atoms with E-state index in [-0.39, 0.29) is 11.4 Å². The highest BCUT2D eigenvalue weighted by Gasteiger charge is 2.36. The van der Waals surface area contributed by atoms with Crippen LogP contribution in [0.15, 0.2) is 42.5 Å². The summed E-state index contributed by atoms with van der Waals surface area (Å²) < 4.78 is 15.9. The van der Waals surface area contributed by atoms with Gasteiger partial charge in [0, 0.05) is 12.0 Å². The lowest BCUT2D eigenvalue weighted by atomic mass is 9.79. The molecule has 28 heavy (non-hydrogen) atoms. The second kappa shape index (κ2) is 8.87. The third kappa shape index (κ3) is 4.16. The largest absolute Gasteiger partial charge is 0.497 e. The maximum atomic E-state index is 12.6. The lowest BCUT2D eigenvalue weighted by Gasteiger charge is -2.30. The van der Waals surface area contributed by atoms with Crippen molar-refractivity contribution in [3.8, 4) is 17.2 Å². The van der Waals surface area contributed by atoms with Gasteiger partial charge >= 0.3 is 6.03 Å². The first-order valence-electron chi connectivity index (χ1n) is 9.52. The number of amides is 2. The number of para-hydroxylation sites is 1. The van der Waals surface area contributed by atoms with Gasteiger partial charge in [0.1, 0.15) is 5.75 Å². The molecule has 2 aromatic carbocycles. The van der Waals surface area contributed by atoms with Gasteiger partial charge in [-0.1, -0.05) is 31.0 Å². The molecule has 0 aromatic heterocycles. The second-order valence-electron chi connectivity index (χ2n) is 7.06. The zero-order valence-corrected chi connectivity index (χ0v) is 16.7. The van der Waals surface area contributed by atoms with E-state index in [9.17, 15) is 4.79 Å². The number of hydrogen-bond donors (Lipinski definition) is 2. The van der Waals surface area contributed by atoms with Crippen molar-refractivity contribution in [2.24, 2.45) is 0 Å². The number of carbonyl (C=O) groups is 1. The van der Waals surface area contributed by atoms with Crippen LogP contribution in [0.4, 0.5) is 10.5 Å². The summed E-state index contributed by atoms with van der Waals surface area (Å²) in [4.78, 5) is 12.6. The van der Waals surface area contributed by atoms with E-state index in [2.05, 4.69) is 22.8 Å². The predicted octanol–water partition coefficient (Wildman–Crippen LogP) is 4.35. The monoisotopic (exact) mass is 384 g/mol. The number of urea groups is 1. The highest BCUT2D eigenvalue weighted by molar-refractivity contribution is 5.91. The Kier molecular flexibility index (Phi) is 6.29. The fourth-order valence-corrected chi connectivity index (χ4v) is 3.97. The van der Waals surface area contributed by atoms with Crippen LogP contribution in [0.3, 0.4) is 0 Å². The molecule has 0 heterocycles. The summed E-state index contributed by atoms with van der Waals surface area (Å²) in [6, 6.07) is 13.3. The van der Waals surface area contributed by atoms with E-state index in [0.29, 0.717) is 23.7 Å². The lowest BCUT2D eigenvalue weighted by Crippen LogP contribution is -2.41. The minimum Gasteiger partial charge on any atom is -0.497 e. The lowest BCUT2D eigenvalue weighted by molar-refractivity contribution is 0.248. The summed E-state index contributed by atoms with van der Waals surface area (Å²) in [5, 5.41) is 5.92. The highest BCUT2D eigenvalue weighted by Crippen LogP contribution is 2.41. The van der Waals surface area contributed by atoms with Crippen molar-refractivity contribution in [2.75, 3.05) is 33.2 Å². The van der Waals surface area contributed by atoms with Gasteiger partial charge in [0.05, 0.1) is 27.0 Å². The van der Waals surface area contributed by atoms with Crippen molar-refractivity contribution in [1.29, 1.82) is 0 Å². The molecule has 6 nitrogen and oxygen atoms in total. The first-order chi connectivity index (χ1) is 13.6. The summed E-state index contributed by atoms with van der Waals surface area (Å²) in [6.07, 6.45) is 4.45. The second-order valence-corrected chi connectivity index (χ2v) is 7.06. The quantitative estimate of drug-likeness (QED) is 0.745. The first kappa shape index (κ1) is 19.9. The number of benzene rings is 2. The smallest absolute Gasteiger partial charge is 0.319 e.